The lowest BCUT2D eigenvalue weighted by molar-refractivity contribution is -0.138. The summed E-state index contributed by atoms with van der Waals surface area (Å²) < 4.78 is 5.14. The Morgan fingerprint density at radius 1 is 1.11 bits per heavy atom. The highest BCUT2D eigenvalue weighted by Crippen LogP contribution is 2.23. The number of nitrogens with zero attached hydrogens (tertiary/aromatic N) is 1. The van der Waals surface area contributed by atoms with E-state index in [1.165, 1.54) is 4.90 Å². The molecule has 1 aromatic rings. The second-order valence-corrected chi connectivity index (χ2v) is 8.27. The van der Waals surface area contributed by atoms with E-state index in [1.807, 2.05) is 45.9 Å². The fourth-order valence-electron chi connectivity index (χ4n) is 2.58. The molecule has 3 amide bonds. The van der Waals surface area contributed by atoms with Crippen LogP contribution in [0.5, 0.6) is 0 Å². The SMILES string of the molecule is Cc1ccc(C(C(=O)NC(C)C)N(C)C(=O)CNC(=O)OC(C)(C)C)cc1C. The number of aryl methyl sites for hydroxylation is 2. The summed E-state index contributed by atoms with van der Waals surface area (Å²) in [6, 6.07) is 4.82. The van der Waals surface area contributed by atoms with Crippen LogP contribution >= 0.6 is 0 Å². The molecule has 1 atom stereocenters. The molecule has 2 N–H and O–H groups in total. The van der Waals surface area contributed by atoms with Gasteiger partial charge in [-0.2, -0.15) is 0 Å². The van der Waals surface area contributed by atoms with Gasteiger partial charge in [-0.15, -0.1) is 0 Å². The number of hydrogen-bond acceptors (Lipinski definition) is 4. The molecule has 0 aromatic heterocycles. The summed E-state index contributed by atoms with van der Waals surface area (Å²) in [5.74, 6) is -0.667. The van der Waals surface area contributed by atoms with Gasteiger partial charge in [-0.25, -0.2) is 4.79 Å². The molecule has 1 rings (SSSR count). The highest BCUT2D eigenvalue weighted by Gasteiger charge is 2.29. The first kappa shape index (κ1) is 23.5. The van der Waals surface area contributed by atoms with Gasteiger partial charge in [0.05, 0.1) is 0 Å². The van der Waals surface area contributed by atoms with Crippen molar-refractivity contribution in [2.45, 2.75) is 66.2 Å². The van der Waals surface area contributed by atoms with E-state index in [2.05, 4.69) is 10.6 Å². The Bertz CT molecular complexity index is 723. The van der Waals surface area contributed by atoms with Gasteiger partial charge in [0.15, 0.2) is 0 Å². The molecule has 0 radical (unpaired) electrons. The number of alkyl carbamates (subject to hydrolysis) is 1. The Hall–Kier alpha value is -2.57. The maximum atomic E-state index is 12.8. The van der Waals surface area contributed by atoms with Crippen LogP contribution in [0.3, 0.4) is 0 Å². The summed E-state index contributed by atoms with van der Waals surface area (Å²) in [5, 5.41) is 5.30. The van der Waals surface area contributed by atoms with E-state index >= 15 is 0 Å². The second-order valence-electron chi connectivity index (χ2n) is 8.27. The van der Waals surface area contributed by atoms with Crippen molar-refractivity contribution in [3.63, 3.8) is 0 Å². The van der Waals surface area contributed by atoms with Crippen LogP contribution in [0.4, 0.5) is 4.79 Å². The number of amides is 3. The van der Waals surface area contributed by atoms with Crippen LogP contribution in [-0.2, 0) is 14.3 Å². The first-order valence-corrected chi connectivity index (χ1v) is 9.42. The van der Waals surface area contributed by atoms with Gasteiger partial charge in [-0.05, 0) is 65.2 Å². The van der Waals surface area contributed by atoms with Crippen molar-refractivity contribution >= 4 is 17.9 Å². The molecule has 0 spiro atoms. The number of likely N-dealkylation sites (N-methyl/N-ethyl adjacent to an activating group) is 1. The minimum Gasteiger partial charge on any atom is -0.444 e. The monoisotopic (exact) mass is 391 g/mol. The molecule has 0 heterocycles. The Labute approximate surface area is 167 Å². The topological polar surface area (TPSA) is 87.7 Å². The van der Waals surface area contributed by atoms with E-state index < -0.39 is 23.6 Å². The molecule has 0 saturated heterocycles. The van der Waals surface area contributed by atoms with Gasteiger partial charge in [0.1, 0.15) is 18.2 Å². The minimum absolute atomic E-state index is 0.0649. The van der Waals surface area contributed by atoms with Crippen molar-refractivity contribution < 1.29 is 19.1 Å². The predicted octanol–water partition coefficient (Wildman–Crippen LogP) is 2.85. The fourth-order valence-corrected chi connectivity index (χ4v) is 2.58. The average Bonchev–Trinajstić information content (AvgIpc) is 2.53. The zero-order chi connectivity index (χ0) is 21.6. The van der Waals surface area contributed by atoms with Crippen molar-refractivity contribution in [2.24, 2.45) is 0 Å². The van der Waals surface area contributed by atoms with E-state index in [0.29, 0.717) is 0 Å². The third kappa shape index (κ3) is 7.21. The Morgan fingerprint density at radius 2 is 1.71 bits per heavy atom. The summed E-state index contributed by atoms with van der Waals surface area (Å²) in [6.07, 6.45) is -0.677. The number of rotatable bonds is 6. The lowest BCUT2D eigenvalue weighted by atomic mass is 9.99. The quantitative estimate of drug-likeness (QED) is 0.781. The van der Waals surface area contributed by atoms with Crippen LogP contribution in [0.15, 0.2) is 18.2 Å². The number of nitrogens with one attached hydrogen (secondary N) is 2. The largest absolute Gasteiger partial charge is 0.444 e. The van der Waals surface area contributed by atoms with Crippen molar-refractivity contribution in [1.82, 2.24) is 15.5 Å². The smallest absolute Gasteiger partial charge is 0.408 e. The first-order valence-electron chi connectivity index (χ1n) is 9.42. The van der Waals surface area contributed by atoms with Crippen LogP contribution in [0.25, 0.3) is 0 Å². The van der Waals surface area contributed by atoms with E-state index in [4.69, 9.17) is 4.74 Å². The number of benzene rings is 1. The first-order chi connectivity index (χ1) is 12.8. The zero-order valence-corrected chi connectivity index (χ0v) is 18.2. The van der Waals surface area contributed by atoms with Crippen molar-refractivity contribution in [2.75, 3.05) is 13.6 Å². The molecule has 1 unspecified atom stereocenters. The molecule has 0 fully saturated rings. The van der Waals surface area contributed by atoms with E-state index in [1.54, 1.807) is 27.8 Å². The zero-order valence-electron chi connectivity index (χ0n) is 18.2. The van der Waals surface area contributed by atoms with Crippen LogP contribution < -0.4 is 10.6 Å². The number of carbonyl (C=O) groups excluding carboxylic acids is 3. The molecule has 28 heavy (non-hydrogen) atoms. The molecule has 7 nitrogen and oxygen atoms in total. The molecular weight excluding hydrogens is 358 g/mol. The van der Waals surface area contributed by atoms with Crippen LogP contribution in [0.1, 0.15) is 57.4 Å². The van der Waals surface area contributed by atoms with Crippen molar-refractivity contribution in [3.05, 3.63) is 34.9 Å². The van der Waals surface area contributed by atoms with Crippen LogP contribution in [0.2, 0.25) is 0 Å². The molecular formula is C21H33N3O4. The normalized spacial score (nSPS) is 12.3. The second kappa shape index (κ2) is 9.57. The summed E-state index contributed by atoms with van der Waals surface area (Å²) in [6.45, 7) is 12.6. The van der Waals surface area contributed by atoms with Crippen LogP contribution in [0, 0.1) is 13.8 Å². The average molecular weight is 392 g/mol. The summed E-state index contributed by atoms with van der Waals surface area (Å²) >= 11 is 0. The van der Waals surface area contributed by atoms with Gasteiger partial charge in [-0.3, -0.25) is 9.59 Å². The number of carbonyl (C=O) groups is 3. The molecule has 1 aromatic carbocycles. The lowest BCUT2D eigenvalue weighted by Crippen LogP contribution is -2.47. The molecule has 0 aliphatic rings. The van der Waals surface area contributed by atoms with Gasteiger partial charge >= 0.3 is 6.09 Å². The van der Waals surface area contributed by atoms with Gasteiger partial charge in [0.25, 0.3) is 0 Å². The Kier molecular flexibility index (Phi) is 8.02. The number of ether oxygens (including phenoxy) is 1. The number of hydrogen-bond donors (Lipinski definition) is 2. The molecule has 7 heteroatoms. The van der Waals surface area contributed by atoms with Gasteiger partial charge < -0.3 is 20.3 Å². The fraction of sp³-hybridized carbons (Fsp3) is 0.571. The van der Waals surface area contributed by atoms with E-state index in [-0.39, 0.29) is 18.5 Å². The third-order valence-corrected chi connectivity index (χ3v) is 4.09. The van der Waals surface area contributed by atoms with E-state index in [0.717, 1.165) is 16.7 Å². The van der Waals surface area contributed by atoms with Gasteiger partial charge in [0.2, 0.25) is 11.8 Å². The maximum absolute atomic E-state index is 12.8. The van der Waals surface area contributed by atoms with Gasteiger partial charge in [-0.1, -0.05) is 18.2 Å². The van der Waals surface area contributed by atoms with E-state index in [9.17, 15) is 14.4 Å². The maximum Gasteiger partial charge on any atom is 0.408 e. The summed E-state index contributed by atoms with van der Waals surface area (Å²) in [4.78, 5) is 38.6. The van der Waals surface area contributed by atoms with Crippen LogP contribution in [-0.4, -0.2) is 48.0 Å². The summed E-state index contributed by atoms with van der Waals surface area (Å²) in [7, 11) is 1.55. The Balaban J connectivity index is 2.99. The molecule has 156 valence electrons. The molecule has 0 bridgehead atoms. The highest BCUT2D eigenvalue weighted by atomic mass is 16.6. The highest BCUT2D eigenvalue weighted by molar-refractivity contribution is 5.90. The Morgan fingerprint density at radius 3 is 2.21 bits per heavy atom. The van der Waals surface area contributed by atoms with Crippen molar-refractivity contribution in [3.8, 4) is 0 Å². The van der Waals surface area contributed by atoms with Gasteiger partial charge in [0, 0.05) is 13.1 Å². The van der Waals surface area contributed by atoms with Crippen molar-refractivity contribution in [1.29, 1.82) is 0 Å². The molecule has 0 aliphatic heterocycles. The molecule has 0 aliphatic carbocycles. The minimum atomic E-state index is -0.797. The third-order valence-electron chi connectivity index (χ3n) is 4.09. The summed E-state index contributed by atoms with van der Waals surface area (Å²) in [5.41, 5.74) is 2.20. The molecule has 0 saturated carbocycles. The standard InChI is InChI=1S/C21H33N3O4/c1-13(2)23-19(26)18(16-10-9-14(3)15(4)11-16)24(8)17(25)12-22-20(27)28-21(5,6)7/h9-11,13,18H,12H2,1-8H3,(H,22,27)(H,23,26). The lowest BCUT2D eigenvalue weighted by Gasteiger charge is -2.29. The predicted molar refractivity (Wildman–Crippen MR) is 109 cm³/mol.